The van der Waals surface area contributed by atoms with Crippen molar-refractivity contribution in [3.63, 3.8) is 0 Å². The molecule has 0 radical (unpaired) electrons. The number of pyridine rings is 1. The van der Waals surface area contributed by atoms with Crippen LogP contribution in [0.3, 0.4) is 0 Å². The van der Waals surface area contributed by atoms with Crippen molar-refractivity contribution in [1.82, 2.24) is 15.5 Å². The van der Waals surface area contributed by atoms with E-state index < -0.39 is 0 Å². The van der Waals surface area contributed by atoms with Crippen molar-refractivity contribution >= 4 is 5.91 Å². The Morgan fingerprint density at radius 2 is 2.16 bits per heavy atom. The van der Waals surface area contributed by atoms with E-state index in [1.165, 1.54) is 5.56 Å². The molecule has 2 heterocycles. The van der Waals surface area contributed by atoms with Crippen LogP contribution in [0.15, 0.2) is 35.1 Å². The number of nitrogens with zero attached hydrogens (tertiary/aromatic N) is 2. The Balaban J connectivity index is 1.64. The standard InChI is InChI=1S/C14H17N3O2/c1-11-9-13(19-17-11)10-14(18)16-6-2-3-12-4-7-15-8-5-12/h4-5,7-9H,2-3,6,10H2,1H3,(H,16,18). The summed E-state index contributed by atoms with van der Waals surface area (Å²) in [6.07, 6.45) is 5.64. The van der Waals surface area contributed by atoms with Crippen molar-refractivity contribution in [1.29, 1.82) is 0 Å². The zero-order chi connectivity index (χ0) is 13.5. The molecule has 0 unspecified atom stereocenters. The second-order valence-electron chi connectivity index (χ2n) is 4.42. The van der Waals surface area contributed by atoms with Crippen molar-refractivity contribution in [2.24, 2.45) is 0 Å². The molecule has 0 fully saturated rings. The van der Waals surface area contributed by atoms with Gasteiger partial charge in [0.25, 0.3) is 0 Å². The average Bonchev–Trinajstić information content (AvgIpc) is 2.81. The summed E-state index contributed by atoms with van der Waals surface area (Å²) in [7, 11) is 0. The summed E-state index contributed by atoms with van der Waals surface area (Å²) >= 11 is 0. The van der Waals surface area contributed by atoms with E-state index in [9.17, 15) is 4.79 Å². The summed E-state index contributed by atoms with van der Waals surface area (Å²) in [5.41, 5.74) is 2.02. The molecule has 2 aromatic rings. The van der Waals surface area contributed by atoms with Gasteiger partial charge >= 0.3 is 0 Å². The van der Waals surface area contributed by atoms with Gasteiger partial charge in [-0.25, -0.2) is 0 Å². The molecule has 5 heteroatoms. The summed E-state index contributed by atoms with van der Waals surface area (Å²) < 4.78 is 4.99. The highest BCUT2D eigenvalue weighted by molar-refractivity contribution is 5.77. The molecule has 0 aliphatic rings. The van der Waals surface area contributed by atoms with E-state index in [2.05, 4.69) is 15.5 Å². The lowest BCUT2D eigenvalue weighted by Gasteiger charge is -2.03. The van der Waals surface area contributed by atoms with E-state index in [4.69, 9.17) is 4.52 Å². The maximum atomic E-state index is 11.6. The third kappa shape index (κ3) is 4.54. The molecule has 1 amide bonds. The molecule has 0 atom stereocenters. The number of rotatable bonds is 6. The van der Waals surface area contributed by atoms with Crippen molar-refractivity contribution in [3.05, 3.63) is 47.6 Å². The maximum Gasteiger partial charge on any atom is 0.227 e. The number of carbonyl (C=O) groups excluding carboxylic acids is 1. The van der Waals surface area contributed by atoms with Crippen LogP contribution < -0.4 is 5.32 Å². The van der Waals surface area contributed by atoms with Gasteiger partial charge in [-0.05, 0) is 37.5 Å². The Kier molecular flexibility index (Phi) is 4.66. The number of aryl methyl sites for hydroxylation is 2. The van der Waals surface area contributed by atoms with E-state index in [0.717, 1.165) is 18.5 Å². The summed E-state index contributed by atoms with van der Waals surface area (Å²) in [5, 5.41) is 6.61. The molecule has 0 saturated carbocycles. The fourth-order valence-corrected chi connectivity index (χ4v) is 1.79. The van der Waals surface area contributed by atoms with E-state index in [-0.39, 0.29) is 12.3 Å². The fraction of sp³-hybridized carbons (Fsp3) is 0.357. The van der Waals surface area contributed by atoms with Crippen molar-refractivity contribution in [2.75, 3.05) is 6.54 Å². The third-order valence-electron chi connectivity index (χ3n) is 2.73. The highest BCUT2D eigenvalue weighted by Gasteiger charge is 2.07. The van der Waals surface area contributed by atoms with E-state index in [1.807, 2.05) is 19.1 Å². The first-order valence-corrected chi connectivity index (χ1v) is 6.32. The van der Waals surface area contributed by atoms with Crippen LogP contribution in [-0.2, 0) is 17.6 Å². The number of nitrogens with one attached hydrogen (secondary N) is 1. The minimum absolute atomic E-state index is 0.0362. The Bertz CT molecular complexity index is 522. The second kappa shape index (κ2) is 6.68. The number of hydrogen-bond donors (Lipinski definition) is 1. The Morgan fingerprint density at radius 1 is 1.37 bits per heavy atom. The zero-order valence-electron chi connectivity index (χ0n) is 10.9. The first kappa shape index (κ1) is 13.3. The number of aromatic nitrogens is 2. The predicted molar refractivity (Wildman–Crippen MR) is 70.5 cm³/mol. The van der Waals surface area contributed by atoms with Crippen molar-refractivity contribution < 1.29 is 9.32 Å². The van der Waals surface area contributed by atoms with Crippen molar-refractivity contribution in [3.8, 4) is 0 Å². The van der Waals surface area contributed by atoms with Gasteiger partial charge in [-0.3, -0.25) is 9.78 Å². The normalized spacial score (nSPS) is 10.4. The minimum atomic E-state index is -0.0362. The van der Waals surface area contributed by atoms with Gasteiger partial charge in [0.15, 0.2) is 0 Å². The fourth-order valence-electron chi connectivity index (χ4n) is 1.79. The van der Waals surface area contributed by atoms with Gasteiger partial charge in [0.2, 0.25) is 5.91 Å². The van der Waals surface area contributed by atoms with Gasteiger partial charge in [-0.15, -0.1) is 0 Å². The van der Waals surface area contributed by atoms with Crippen LogP contribution in [0.4, 0.5) is 0 Å². The van der Waals surface area contributed by atoms with Gasteiger partial charge in [-0.2, -0.15) is 0 Å². The van der Waals surface area contributed by atoms with Gasteiger partial charge in [0, 0.05) is 25.0 Å². The lowest BCUT2D eigenvalue weighted by Crippen LogP contribution is -2.26. The Labute approximate surface area is 112 Å². The summed E-state index contributed by atoms with van der Waals surface area (Å²) in [4.78, 5) is 15.6. The molecule has 0 aliphatic carbocycles. The molecule has 2 aromatic heterocycles. The maximum absolute atomic E-state index is 11.6. The quantitative estimate of drug-likeness (QED) is 0.801. The monoisotopic (exact) mass is 259 g/mol. The molecule has 1 N–H and O–H groups in total. The zero-order valence-corrected chi connectivity index (χ0v) is 10.9. The van der Waals surface area contributed by atoms with Crippen LogP contribution in [0.5, 0.6) is 0 Å². The largest absolute Gasteiger partial charge is 0.361 e. The molecular formula is C14H17N3O2. The van der Waals surface area contributed by atoms with Crippen molar-refractivity contribution in [2.45, 2.75) is 26.2 Å². The highest BCUT2D eigenvalue weighted by atomic mass is 16.5. The molecule has 0 aliphatic heterocycles. The van der Waals surface area contributed by atoms with E-state index >= 15 is 0 Å². The highest BCUT2D eigenvalue weighted by Crippen LogP contribution is 2.03. The predicted octanol–water partition coefficient (Wildman–Crippen LogP) is 1.67. The average molecular weight is 259 g/mol. The molecule has 0 spiro atoms. The van der Waals surface area contributed by atoms with E-state index in [1.54, 1.807) is 18.5 Å². The summed E-state index contributed by atoms with van der Waals surface area (Å²) in [5.74, 6) is 0.565. The van der Waals surface area contributed by atoms with Crippen LogP contribution in [0, 0.1) is 6.92 Å². The second-order valence-corrected chi connectivity index (χ2v) is 4.42. The molecule has 19 heavy (non-hydrogen) atoms. The van der Waals surface area contributed by atoms with Crippen LogP contribution in [0.2, 0.25) is 0 Å². The number of carbonyl (C=O) groups is 1. The third-order valence-corrected chi connectivity index (χ3v) is 2.73. The lowest BCUT2D eigenvalue weighted by atomic mass is 10.1. The molecule has 2 rings (SSSR count). The van der Waals surface area contributed by atoms with Crippen LogP contribution in [-0.4, -0.2) is 22.6 Å². The molecule has 0 saturated heterocycles. The Hall–Kier alpha value is -2.17. The summed E-state index contributed by atoms with van der Waals surface area (Å²) in [6.45, 7) is 2.49. The number of amides is 1. The molecule has 100 valence electrons. The molecular weight excluding hydrogens is 242 g/mol. The van der Waals surface area contributed by atoms with Crippen LogP contribution in [0.25, 0.3) is 0 Å². The first-order chi connectivity index (χ1) is 9.24. The molecule has 0 aromatic carbocycles. The molecule has 5 nitrogen and oxygen atoms in total. The molecule has 0 bridgehead atoms. The van der Waals surface area contributed by atoms with E-state index in [0.29, 0.717) is 12.3 Å². The van der Waals surface area contributed by atoms with Gasteiger partial charge in [0.1, 0.15) is 5.76 Å². The topological polar surface area (TPSA) is 68.0 Å². The lowest BCUT2D eigenvalue weighted by molar-refractivity contribution is -0.120. The minimum Gasteiger partial charge on any atom is -0.361 e. The van der Waals surface area contributed by atoms with Crippen LogP contribution >= 0.6 is 0 Å². The van der Waals surface area contributed by atoms with Gasteiger partial charge in [-0.1, -0.05) is 5.16 Å². The smallest absolute Gasteiger partial charge is 0.227 e. The summed E-state index contributed by atoms with van der Waals surface area (Å²) in [6, 6.07) is 5.74. The van der Waals surface area contributed by atoms with Gasteiger partial charge in [0.05, 0.1) is 12.1 Å². The number of hydrogen-bond acceptors (Lipinski definition) is 4. The SMILES string of the molecule is Cc1cc(CC(=O)NCCCc2ccncc2)on1. The van der Waals surface area contributed by atoms with Crippen LogP contribution in [0.1, 0.15) is 23.4 Å². The Morgan fingerprint density at radius 3 is 2.84 bits per heavy atom. The first-order valence-electron chi connectivity index (χ1n) is 6.32. The van der Waals surface area contributed by atoms with Gasteiger partial charge < -0.3 is 9.84 Å².